The number of hydrogen-bond acceptors (Lipinski definition) is 4. The number of carboxylic acid groups (broad SMARTS) is 1. The lowest BCUT2D eigenvalue weighted by atomic mass is 10.1. The minimum atomic E-state index is -4.08. The predicted octanol–water partition coefficient (Wildman–Crippen LogP) is 3.49. The normalized spacial score (nSPS) is 11.1. The summed E-state index contributed by atoms with van der Waals surface area (Å²) in [6.07, 6.45) is 0. The fraction of sp³-hybridized carbons (Fsp3) is 0.133. The SMILES string of the molecule is CCOc1c(Br)ccc(NS(=O)(=O)c2ccc(F)cc2)c1C(=O)O. The Hall–Kier alpha value is -2.13. The van der Waals surface area contributed by atoms with Gasteiger partial charge in [0.1, 0.15) is 17.1 Å². The van der Waals surface area contributed by atoms with E-state index < -0.39 is 21.8 Å². The largest absolute Gasteiger partial charge is 0.492 e. The molecule has 0 radical (unpaired) electrons. The Morgan fingerprint density at radius 2 is 1.88 bits per heavy atom. The Morgan fingerprint density at radius 1 is 1.25 bits per heavy atom. The van der Waals surface area contributed by atoms with Gasteiger partial charge in [0.25, 0.3) is 10.0 Å². The zero-order valence-electron chi connectivity index (χ0n) is 12.4. The highest BCUT2D eigenvalue weighted by Crippen LogP contribution is 2.35. The van der Waals surface area contributed by atoms with Crippen LogP contribution in [-0.4, -0.2) is 26.1 Å². The second-order valence-corrected chi connectivity index (χ2v) is 7.13. The molecule has 24 heavy (non-hydrogen) atoms. The van der Waals surface area contributed by atoms with E-state index in [2.05, 4.69) is 20.7 Å². The number of carbonyl (C=O) groups is 1. The van der Waals surface area contributed by atoms with Gasteiger partial charge >= 0.3 is 5.97 Å². The Labute approximate surface area is 146 Å². The van der Waals surface area contributed by atoms with E-state index in [4.69, 9.17) is 4.74 Å². The van der Waals surface area contributed by atoms with Crippen LogP contribution in [0.3, 0.4) is 0 Å². The maximum atomic E-state index is 12.9. The van der Waals surface area contributed by atoms with Crippen LogP contribution in [-0.2, 0) is 10.0 Å². The van der Waals surface area contributed by atoms with E-state index in [0.29, 0.717) is 4.47 Å². The quantitative estimate of drug-likeness (QED) is 0.750. The Kier molecular flexibility index (Phi) is 5.45. The highest BCUT2D eigenvalue weighted by Gasteiger charge is 2.24. The van der Waals surface area contributed by atoms with Crippen LogP contribution in [0.5, 0.6) is 5.75 Å². The Balaban J connectivity index is 2.51. The smallest absolute Gasteiger partial charge is 0.341 e. The van der Waals surface area contributed by atoms with E-state index in [9.17, 15) is 22.7 Å². The maximum Gasteiger partial charge on any atom is 0.341 e. The van der Waals surface area contributed by atoms with Crippen molar-refractivity contribution in [1.82, 2.24) is 0 Å². The van der Waals surface area contributed by atoms with Gasteiger partial charge in [0.2, 0.25) is 0 Å². The van der Waals surface area contributed by atoms with E-state index in [1.165, 1.54) is 12.1 Å². The molecule has 128 valence electrons. The predicted molar refractivity (Wildman–Crippen MR) is 89.5 cm³/mol. The van der Waals surface area contributed by atoms with Gasteiger partial charge in [0, 0.05) is 0 Å². The first-order valence-corrected chi connectivity index (χ1v) is 9.01. The van der Waals surface area contributed by atoms with Crippen LogP contribution in [0.2, 0.25) is 0 Å². The molecule has 0 saturated heterocycles. The van der Waals surface area contributed by atoms with E-state index in [0.717, 1.165) is 24.3 Å². The molecule has 0 aliphatic rings. The molecule has 0 fully saturated rings. The summed E-state index contributed by atoms with van der Waals surface area (Å²) in [4.78, 5) is 11.4. The lowest BCUT2D eigenvalue weighted by Crippen LogP contribution is -2.16. The van der Waals surface area contributed by atoms with Crippen molar-refractivity contribution >= 4 is 37.6 Å². The standard InChI is InChI=1S/C15H13BrFNO5S/c1-2-23-14-11(16)7-8-12(13(14)15(19)20)18-24(21,22)10-5-3-9(17)4-6-10/h3-8,18H,2H2,1H3,(H,19,20). The summed E-state index contributed by atoms with van der Waals surface area (Å²) in [5.74, 6) is -1.91. The number of nitrogens with one attached hydrogen (secondary N) is 1. The summed E-state index contributed by atoms with van der Waals surface area (Å²) in [5.41, 5.74) is -0.476. The summed E-state index contributed by atoms with van der Waals surface area (Å²) in [7, 11) is -4.08. The van der Waals surface area contributed by atoms with Crippen molar-refractivity contribution in [2.75, 3.05) is 11.3 Å². The number of anilines is 1. The number of rotatable bonds is 6. The number of benzene rings is 2. The minimum absolute atomic E-state index is 0.0179. The molecule has 0 amide bonds. The average molecular weight is 418 g/mol. The highest BCUT2D eigenvalue weighted by molar-refractivity contribution is 9.10. The molecule has 0 aliphatic heterocycles. The first kappa shape index (κ1) is 18.2. The van der Waals surface area contributed by atoms with Gasteiger partial charge < -0.3 is 9.84 Å². The third kappa shape index (κ3) is 3.85. The topological polar surface area (TPSA) is 92.7 Å². The van der Waals surface area contributed by atoms with E-state index >= 15 is 0 Å². The maximum absolute atomic E-state index is 12.9. The second-order valence-electron chi connectivity index (χ2n) is 4.60. The van der Waals surface area contributed by atoms with Crippen molar-refractivity contribution in [2.45, 2.75) is 11.8 Å². The summed E-state index contributed by atoms with van der Waals surface area (Å²) in [5, 5.41) is 9.42. The van der Waals surface area contributed by atoms with Crippen LogP contribution in [0, 0.1) is 5.82 Å². The van der Waals surface area contributed by atoms with Gasteiger partial charge in [-0.1, -0.05) is 0 Å². The third-order valence-corrected chi connectivity index (χ3v) is 4.99. The number of sulfonamides is 1. The van der Waals surface area contributed by atoms with Gasteiger partial charge in [-0.15, -0.1) is 0 Å². The molecule has 0 aliphatic carbocycles. The monoisotopic (exact) mass is 417 g/mol. The molecule has 0 unspecified atom stereocenters. The molecule has 0 heterocycles. The molecule has 0 spiro atoms. The van der Waals surface area contributed by atoms with Gasteiger partial charge in [0.05, 0.1) is 21.7 Å². The summed E-state index contributed by atoms with van der Waals surface area (Å²) < 4.78 is 45.5. The number of hydrogen-bond donors (Lipinski definition) is 2. The van der Waals surface area contributed by atoms with E-state index in [1.807, 2.05) is 0 Å². The molecule has 6 nitrogen and oxygen atoms in total. The Bertz CT molecular complexity index is 868. The molecule has 2 aromatic carbocycles. The summed E-state index contributed by atoms with van der Waals surface area (Å²) in [6.45, 7) is 1.88. The third-order valence-electron chi connectivity index (χ3n) is 2.98. The lowest BCUT2D eigenvalue weighted by molar-refractivity contribution is 0.0693. The van der Waals surface area contributed by atoms with Crippen molar-refractivity contribution < 1.29 is 27.4 Å². The molecule has 2 aromatic rings. The van der Waals surface area contributed by atoms with Crippen molar-refractivity contribution in [3.63, 3.8) is 0 Å². The first-order chi connectivity index (χ1) is 11.3. The molecule has 2 N–H and O–H groups in total. The zero-order valence-corrected chi connectivity index (χ0v) is 14.8. The number of carboxylic acids is 1. The van der Waals surface area contributed by atoms with Crippen LogP contribution >= 0.6 is 15.9 Å². The minimum Gasteiger partial charge on any atom is -0.492 e. The Morgan fingerprint density at radius 3 is 2.42 bits per heavy atom. The van der Waals surface area contributed by atoms with Crippen molar-refractivity contribution in [2.24, 2.45) is 0 Å². The molecular formula is C15H13BrFNO5S. The van der Waals surface area contributed by atoms with Crippen LogP contribution in [0.4, 0.5) is 10.1 Å². The molecule has 2 rings (SSSR count). The lowest BCUT2D eigenvalue weighted by Gasteiger charge is -2.15. The summed E-state index contributed by atoms with van der Waals surface area (Å²) in [6, 6.07) is 6.94. The van der Waals surface area contributed by atoms with Gasteiger partial charge in [0.15, 0.2) is 0 Å². The van der Waals surface area contributed by atoms with Gasteiger partial charge in [-0.25, -0.2) is 17.6 Å². The van der Waals surface area contributed by atoms with Crippen molar-refractivity contribution in [1.29, 1.82) is 0 Å². The first-order valence-electron chi connectivity index (χ1n) is 6.73. The zero-order chi connectivity index (χ0) is 17.9. The number of ether oxygens (including phenoxy) is 1. The number of aromatic carboxylic acids is 1. The fourth-order valence-corrected chi connectivity index (χ4v) is 3.47. The summed E-state index contributed by atoms with van der Waals surface area (Å²) >= 11 is 3.18. The van der Waals surface area contributed by atoms with Gasteiger partial charge in [-0.2, -0.15) is 0 Å². The second kappa shape index (κ2) is 7.18. The van der Waals surface area contributed by atoms with Gasteiger partial charge in [-0.05, 0) is 59.3 Å². The molecule has 0 bridgehead atoms. The molecule has 0 atom stereocenters. The molecule has 0 saturated carbocycles. The van der Waals surface area contributed by atoms with Crippen LogP contribution in [0.1, 0.15) is 17.3 Å². The van der Waals surface area contributed by atoms with Crippen LogP contribution in [0.15, 0.2) is 45.8 Å². The van der Waals surface area contributed by atoms with E-state index in [-0.39, 0.29) is 28.5 Å². The van der Waals surface area contributed by atoms with Crippen LogP contribution < -0.4 is 9.46 Å². The highest BCUT2D eigenvalue weighted by atomic mass is 79.9. The molecular weight excluding hydrogens is 405 g/mol. The van der Waals surface area contributed by atoms with Gasteiger partial charge in [-0.3, -0.25) is 4.72 Å². The van der Waals surface area contributed by atoms with Crippen molar-refractivity contribution in [3.05, 3.63) is 52.3 Å². The van der Waals surface area contributed by atoms with Crippen LogP contribution in [0.25, 0.3) is 0 Å². The van der Waals surface area contributed by atoms with E-state index in [1.54, 1.807) is 6.92 Å². The molecule has 9 heteroatoms. The number of halogens is 2. The fourth-order valence-electron chi connectivity index (χ4n) is 1.96. The van der Waals surface area contributed by atoms with Crippen molar-refractivity contribution in [3.8, 4) is 5.75 Å². The average Bonchev–Trinajstić information content (AvgIpc) is 2.50. The molecule has 0 aromatic heterocycles.